The summed E-state index contributed by atoms with van der Waals surface area (Å²) in [6.45, 7) is 9.34. The van der Waals surface area contributed by atoms with Crippen molar-refractivity contribution in [1.29, 1.82) is 0 Å². The fourth-order valence-corrected chi connectivity index (χ4v) is 2.38. The number of hydrogen-bond donors (Lipinski definition) is 1. The summed E-state index contributed by atoms with van der Waals surface area (Å²) >= 11 is 6.13. The number of hydrogen-bond acceptors (Lipinski definition) is 4. The summed E-state index contributed by atoms with van der Waals surface area (Å²) in [5, 5.41) is 7.83. The Morgan fingerprint density at radius 2 is 2.17 bits per heavy atom. The Morgan fingerprint density at radius 3 is 2.79 bits per heavy atom. The molecule has 2 heterocycles. The van der Waals surface area contributed by atoms with Crippen molar-refractivity contribution < 1.29 is 13.9 Å². The second-order valence-electron chi connectivity index (χ2n) is 5.94. The van der Waals surface area contributed by atoms with Crippen LogP contribution in [0.25, 0.3) is 0 Å². The molecule has 2 rings (SSSR count). The van der Waals surface area contributed by atoms with Gasteiger partial charge in [-0.3, -0.25) is 9.48 Å². The molecule has 0 bridgehead atoms. The van der Waals surface area contributed by atoms with Crippen molar-refractivity contribution in [3.63, 3.8) is 0 Å². The molecule has 0 saturated carbocycles. The Labute approximate surface area is 147 Å². The Balaban J connectivity index is 1.86. The number of carbonyl (C=O) groups is 1. The molecule has 7 heteroatoms. The minimum Gasteiger partial charge on any atom is -0.454 e. The zero-order chi connectivity index (χ0) is 17.7. The van der Waals surface area contributed by atoms with Crippen LogP contribution in [0.2, 0.25) is 5.02 Å². The van der Waals surface area contributed by atoms with Crippen LogP contribution in [-0.2, 0) is 11.3 Å². The molecule has 1 amide bonds. The summed E-state index contributed by atoms with van der Waals surface area (Å²) in [6.07, 6.45) is 0.970. The fraction of sp³-hybridized carbons (Fsp3) is 0.529. The first kappa shape index (κ1) is 18.5. The average Bonchev–Trinajstić information content (AvgIpc) is 3.08. The molecule has 0 aliphatic rings. The number of rotatable bonds is 8. The first-order valence-electron chi connectivity index (χ1n) is 8.06. The van der Waals surface area contributed by atoms with Crippen molar-refractivity contribution in [2.24, 2.45) is 0 Å². The molecule has 0 unspecified atom stereocenters. The van der Waals surface area contributed by atoms with Crippen LogP contribution < -0.4 is 5.32 Å². The van der Waals surface area contributed by atoms with Crippen LogP contribution in [0.15, 0.2) is 16.5 Å². The number of amides is 1. The van der Waals surface area contributed by atoms with Crippen LogP contribution in [0, 0.1) is 13.8 Å². The fourth-order valence-electron chi connectivity index (χ4n) is 2.24. The van der Waals surface area contributed by atoms with Gasteiger partial charge in [-0.1, -0.05) is 11.6 Å². The maximum atomic E-state index is 12.0. The van der Waals surface area contributed by atoms with Crippen molar-refractivity contribution in [2.45, 2.75) is 46.8 Å². The van der Waals surface area contributed by atoms with E-state index in [1.807, 2.05) is 27.7 Å². The molecule has 1 N–H and O–H groups in total. The standard InChI is InChI=1S/C17H24ClN3O3/c1-11(2)23-9-5-8-19-17(22)15-7-6-14(24-15)10-21-13(4)16(18)12(3)20-21/h6-7,11H,5,8-10H2,1-4H3,(H,19,22). The molecule has 0 spiro atoms. The Bertz CT molecular complexity index is 691. The predicted molar refractivity (Wildman–Crippen MR) is 92.6 cm³/mol. The van der Waals surface area contributed by atoms with Gasteiger partial charge in [0, 0.05) is 13.2 Å². The molecule has 2 aromatic heterocycles. The van der Waals surface area contributed by atoms with Gasteiger partial charge in [0.25, 0.3) is 5.91 Å². The van der Waals surface area contributed by atoms with Gasteiger partial charge in [0.1, 0.15) is 5.76 Å². The monoisotopic (exact) mass is 353 g/mol. The predicted octanol–water partition coefficient (Wildman–Crippen LogP) is 3.34. The van der Waals surface area contributed by atoms with E-state index in [0.29, 0.717) is 36.2 Å². The van der Waals surface area contributed by atoms with Crippen LogP contribution in [0.5, 0.6) is 0 Å². The Morgan fingerprint density at radius 1 is 1.42 bits per heavy atom. The first-order chi connectivity index (χ1) is 11.4. The summed E-state index contributed by atoms with van der Waals surface area (Å²) < 4.78 is 12.8. The smallest absolute Gasteiger partial charge is 0.286 e. The molecule has 0 aliphatic heterocycles. The molecule has 0 saturated heterocycles. The molecule has 24 heavy (non-hydrogen) atoms. The third-order valence-corrected chi connectivity index (χ3v) is 4.09. The Kier molecular flexibility index (Phi) is 6.45. The van der Waals surface area contributed by atoms with Gasteiger partial charge in [-0.15, -0.1) is 0 Å². The molecule has 6 nitrogen and oxygen atoms in total. The van der Waals surface area contributed by atoms with Crippen LogP contribution in [-0.4, -0.2) is 34.9 Å². The highest BCUT2D eigenvalue weighted by molar-refractivity contribution is 6.31. The number of furan rings is 1. The van der Waals surface area contributed by atoms with E-state index in [9.17, 15) is 4.79 Å². The van der Waals surface area contributed by atoms with E-state index < -0.39 is 0 Å². The lowest BCUT2D eigenvalue weighted by Crippen LogP contribution is -2.25. The molecule has 2 aromatic rings. The minimum atomic E-state index is -0.225. The van der Waals surface area contributed by atoms with Gasteiger partial charge in [0.15, 0.2) is 5.76 Å². The van der Waals surface area contributed by atoms with E-state index in [2.05, 4.69) is 10.4 Å². The van der Waals surface area contributed by atoms with E-state index in [4.69, 9.17) is 20.8 Å². The maximum absolute atomic E-state index is 12.0. The summed E-state index contributed by atoms with van der Waals surface area (Å²) in [7, 11) is 0. The lowest BCUT2D eigenvalue weighted by atomic mass is 10.3. The van der Waals surface area contributed by atoms with Gasteiger partial charge < -0.3 is 14.5 Å². The molecular weight excluding hydrogens is 330 g/mol. The lowest BCUT2D eigenvalue weighted by molar-refractivity contribution is 0.0753. The zero-order valence-electron chi connectivity index (χ0n) is 14.6. The second-order valence-corrected chi connectivity index (χ2v) is 6.32. The van der Waals surface area contributed by atoms with Crippen molar-refractivity contribution >= 4 is 17.5 Å². The highest BCUT2D eigenvalue weighted by Gasteiger charge is 2.14. The van der Waals surface area contributed by atoms with Crippen LogP contribution in [0.1, 0.15) is 48.0 Å². The summed E-state index contributed by atoms with van der Waals surface area (Å²) in [4.78, 5) is 12.0. The maximum Gasteiger partial charge on any atom is 0.286 e. The SMILES string of the molecule is Cc1nn(Cc2ccc(C(=O)NCCCOC(C)C)o2)c(C)c1Cl. The number of aromatic nitrogens is 2. The van der Waals surface area contributed by atoms with E-state index >= 15 is 0 Å². The van der Waals surface area contributed by atoms with E-state index in [0.717, 1.165) is 17.8 Å². The van der Waals surface area contributed by atoms with Gasteiger partial charge in [-0.05, 0) is 46.2 Å². The number of halogens is 1. The number of carbonyl (C=O) groups excluding carboxylic acids is 1. The van der Waals surface area contributed by atoms with E-state index in [-0.39, 0.29) is 12.0 Å². The van der Waals surface area contributed by atoms with Crippen LogP contribution >= 0.6 is 11.6 Å². The van der Waals surface area contributed by atoms with Crippen molar-refractivity contribution in [1.82, 2.24) is 15.1 Å². The van der Waals surface area contributed by atoms with Gasteiger partial charge in [-0.2, -0.15) is 5.10 Å². The summed E-state index contributed by atoms with van der Waals surface area (Å²) in [5.41, 5.74) is 1.66. The zero-order valence-corrected chi connectivity index (χ0v) is 15.3. The largest absolute Gasteiger partial charge is 0.454 e. The third kappa shape index (κ3) is 4.85. The van der Waals surface area contributed by atoms with Crippen molar-refractivity contribution in [3.05, 3.63) is 40.1 Å². The quantitative estimate of drug-likeness (QED) is 0.739. The second kappa shape index (κ2) is 8.35. The number of nitrogens with one attached hydrogen (secondary N) is 1. The molecule has 0 radical (unpaired) electrons. The van der Waals surface area contributed by atoms with Crippen LogP contribution in [0.3, 0.4) is 0 Å². The molecule has 132 valence electrons. The van der Waals surface area contributed by atoms with Gasteiger partial charge in [-0.25, -0.2) is 0 Å². The van der Waals surface area contributed by atoms with Crippen molar-refractivity contribution in [3.8, 4) is 0 Å². The highest BCUT2D eigenvalue weighted by atomic mass is 35.5. The topological polar surface area (TPSA) is 69.3 Å². The molecule has 0 aliphatic carbocycles. The lowest BCUT2D eigenvalue weighted by Gasteiger charge is -2.07. The number of nitrogens with zero attached hydrogens (tertiary/aromatic N) is 2. The third-order valence-electron chi connectivity index (χ3n) is 3.54. The summed E-state index contributed by atoms with van der Waals surface area (Å²) in [5.74, 6) is 0.727. The highest BCUT2D eigenvalue weighted by Crippen LogP contribution is 2.20. The molecule has 0 aromatic carbocycles. The number of aryl methyl sites for hydroxylation is 1. The minimum absolute atomic E-state index is 0.205. The molecular formula is C17H24ClN3O3. The van der Waals surface area contributed by atoms with Gasteiger partial charge in [0.05, 0.1) is 29.1 Å². The Hall–Kier alpha value is -1.79. The average molecular weight is 354 g/mol. The van der Waals surface area contributed by atoms with Crippen molar-refractivity contribution in [2.75, 3.05) is 13.2 Å². The van der Waals surface area contributed by atoms with E-state index in [1.54, 1.807) is 16.8 Å². The first-order valence-corrected chi connectivity index (χ1v) is 8.44. The van der Waals surface area contributed by atoms with Gasteiger partial charge >= 0.3 is 0 Å². The van der Waals surface area contributed by atoms with E-state index in [1.165, 1.54) is 0 Å². The summed E-state index contributed by atoms with van der Waals surface area (Å²) in [6, 6.07) is 3.45. The van der Waals surface area contributed by atoms with Crippen LogP contribution in [0.4, 0.5) is 0 Å². The molecule has 0 atom stereocenters. The number of ether oxygens (including phenoxy) is 1. The van der Waals surface area contributed by atoms with Gasteiger partial charge in [0.2, 0.25) is 0 Å². The molecule has 0 fully saturated rings. The normalized spacial score (nSPS) is 11.2.